The molecule has 142 valence electrons. The lowest BCUT2D eigenvalue weighted by atomic mass is 9.95. The zero-order valence-electron chi connectivity index (χ0n) is 15.8. The third-order valence-electron chi connectivity index (χ3n) is 5.56. The summed E-state index contributed by atoms with van der Waals surface area (Å²) in [5, 5.41) is 12.8. The van der Waals surface area contributed by atoms with Gasteiger partial charge in [0.15, 0.2) is 5.65 Å². The van der Waals surface area contributed by atoms with Crippen LogP contribution in [0.1, 0.15) is 32.5 Å². The lowest BCUT2D eigenvalue weighted by molar-refractivity contribution is -0.0883. The van der Waals surface area contributed by atoms with E-state index < -0.39 is 0 Å². The number of hydrogen-bond donors (Lipinski definition) is 1. The molecule has 1 atom stereocenters. The van der Waals surface area contributed by atoms with Gasteiger partial charge in [0.05, 0.1) is 42.0 Å². The summed E-state index contributed by atoms with van der Waals surface area (Å²) in [6.45, 7) is 6.61. The Hall–Kier alpha value is -3.13. The van der Waals surface area contributed by atoms with Crippen molar-refractivity contribution in [2.45, 2.75) is 39.0 Å². The van der Waals surface area contributed by atoms with E-state index in [1.165, 1.54) is 12.3 Å². The summed E-state index contributed by atoms with van der Waals surface area (Å²) in [5.74, 6) is -0.381. The van der Waals surface area contributed by atoms with Crippen molar-refractivity contribution in [3.8, 4) is 22.5 Å². The van der Waals surface area contributed by atoms with Crippen molar-refractivity contribution in [2.75, 3.05) is 0 Å². The fourth-order valence-corrected chi connectivity index (χ4v) is 3.64. The summed E-state index contributed by atoms with van der Waals surface area (Å²) >= 11 is 0. The zero-order chi connectivity index (χ0) is 19.5. The van der Waals surface area contributed by atoms with E-state index in [1.54, 1.807) is 18.5 Å². The Morgan fingerprint density at radius 2 is 2.07 bits per heavy atom. The standard InChI is InChI=1S/C20H19FN6O/c1-11-20(2,3)28-10-16-17(13-6-7-22-19-14(13)9-24-25-19)18(26-27(11)16)15-5-4-12(21)8-23-15/h4-9,11H,10H2,1-3H3,(H,22,24,25)/t11-/m0/s1. The lowest BCUT2D eigenvalue weighted by Crippen LogP contribution is -2.40. The number of hydrogen-bond acceptors (Lipinski definition) is 5. The Balaban J connectivity index is 1.82. The van der Waals surface area contributed by atoms with Crippen LogP contribution in [-0.4, -0.2) is 35.5 Å². The second-order valence-corrected chi connectivity index (χ2v) is 7.54. The van der Waals surface area contributed by atoms with Crippen LogP contribution in [0.25, 0.3) is 33.5 Å². The maximum absolute atomic E-state index is 13.5. The molecule has 0 aromatic carbocycles. The Morgan fingerprint density at radius 1 is 1.21 bits per heavy atom. The highest BCUT2D eigenvalue weighted by Crippen LogP contribution is 2.42. The van der Waals surface area contributed by atoms with Crippen molar-refractivity contribution in [2.24, 2.45) is 0 Å². The average Bonchev–Trinajstić information content (AvgIpc) is 3.30. The number of pyridine rings is 2. The first-order valence-corrected chi connectivity index (χ1v) is 9.11. The van der Waals surface area contributed by atoms with E-state index in [0.717, 1.165) is 22.2 Å². The first-order chi connectivity index (χ1) is 13.5. The first kappa shape index (κ1) is 17.0. The van der Waals surface area contributed by atoms with Crippen LogP contribution in [-0.2, 0) is 11.3 Å². The van der Waals surface area contributed by atoms with E-state index in [2.05, 4.69) is 40.9 Å². The molecule has 0 saturated carbocycles. The molecule has 1 aliphatic rings. The fraction of sp³-hybridized carbons (Fsp3) is 0.300. The van der Waals surface area contributed by atoms with Gasteiger partial charge in [-0.25, -0.2) is 9.37 Å². The molecule has 4 aromatic heterocycles. The average molecular weight is 378 g/mol. The van der Waals surface area contributed by atoms with Gasteiger partial charge < -0.3 is 4.74 Å². The number of nitrogens with zero attached hydrogens (tertiary/aromatic N) is 5. The van der Waals surface area contributed by atoms with Crippen LogP contribution in [0.5, 0.6) is 0 Å². The minimum Gasteiger partial charge on any atom is -0.367 e. The third kappa shape index (κ3) is 2.45. The second kappa shape index (κ2) is 5.93. The van der Waals surface area contributed by atoms with E-state index in [4.69, 9.17) is 9.84 Å². The molecule has 28 heavy (non-hydrogen) atoms. The Morgan fingerprint density at radius 3 is 2.86 bits per heavy atom. The van der Waals surface area contributed by atoms with Crippen LogP contribution >= 0.6 is 0 Å². The van der Waals surface area contributed by atoms with Crippen molar-refractivity contribution >= 4 is 11.0 Å². The van der Waals surface area contributed by atoms with Gasteiger partial charge in [0.2, 0.25) is 0 Å². The van der Waals surface area contributed by atoms with Crippen LogP contribution in [0.2, 0.25) is 0 Å². The molecule has 0 spiro atoms. The number of aromatic amines is 1. The Labute approximate surface area is 160 Å². The molecular weight excluding hydrogens is 359 g/mol. The SMILES string of the molecule is C[C@@H]1n2nc(-c3ccc(F)cn3)c(-c3ccnc4[nH]ncc34)c2COC1(C)C. The highest BCUT2D eigenvalue weighted by atomic mass is 19.1. The van der Waals surface area contributed by atoms with Crippen molar-refractivity contribution in [1.82, 2.24) is 29.9 Å². The molecule has 4 aromatic rings. The molecule has 5 heterocycles. The van der Waals surface area contributed by atoms with Gasteiger partial charge in [0.1, 0.15) is 11.5 Å². The minimum atomic E-state index is -0.381. The number of fused-ring (bicyclic) bond motifs is 2. The van der Waals surface area contributed by atoms with Gasteiger partial charge in [-0.2, -0.15) is 10.2 Å². The molecular formula is C20H19FN6O. The van der Waals surface area contributed by atoms with E-state index >= 15 is 0 Å². The summed E-state index contributed by atoms with van der Waals surface area (Å²) in [4.78, 5) is 8.61. The smallest absolute Gasteiger partial charge is 0.155 e. The number of halogens is 1. The van der Waals surface area contributed by atoms with Gasteiger partial charge in [-0.05, 0) is 39.0 Å². The molecule has 0 bridgehead atoms. The monoisotopic (exact) mass is 378 g/mol. The van der Waals surface area contributed by atoms with Crippen LogP contribution in [0.15, 0.2) is 36.8 Å². The van der Waals surface area contributed by atoms with Gasteiger partial charge >= 0.3 is 0 Å². The van der Waals surface area contributed by atoms with Gasteiger partial charge in [0.25, 0.3) is 0 Å². The normalized spacial score (nSPS) is 18.4. The second-order valence-electron chi connectivity index (χ2n) is 7.54. The lowest BCUT2D eigenvalue weighted by Gasteiger charge is -2.37. The van der Waals surface area contributed by atoms with Crippen LogP contribution in [0.4, 0.5) is 4.39 Å². The van der Waals surface area contributed by atoms with E-state index in [0.29, 0.717) is 23.6 Å². The molecule has 1 N–H and O–H groups in total. The molecule has 0 radical (unpaired) electrons. The summed E-state index contributed by atoms with van der Waals surface area (Å²) < 4.78 is 21.6. The number of rotatable bonds is 2. The molecule has 7 nitrogen and oxygen atoms in total. The van der Waals surface area contributed by atoms with Crippen LogP contribution < -0.4 is 0 Å². The van der Waals surface area contributed by atoms with E-state index in [1.807, 2.05) is 10.7 Å². The minimum absolute atomic E-state index is 0.0193. The highest BCUT2D eigenvalue weighted by molar-refractivity contribution is 5.97. The van der Waals surface area contributed by atoms with Gasteiger partial charge in [0, 0.05) is 22.7 Å². The van der Waals surface area contributed by atoms with Crippen molar-refractivity contribution in [1.29, 1.82) is 0 Å². The van der Waals surface area contributed by atoms with Gasteiger partial charge in [-0.1, -0.05) is 0 Å². The molecule has 0 saturated heterocycles. The number of nitrogens with one attached hydrogen (secondary N) is 1. The largest absolute Gasteiger partial charge is 0.367 e. The Kier molecular flexibility index (Phi) is 3.60. The summed E-state index contributed by atoms with van der Waals surface area (Å²) in [6, 6.07) is 5.00. The van der Waals surface area contributed by atoms with Crippen molar-refractivity contribution < 1.29 is 9.13 Å². The Bertz CT molecular complexity index is 1180. The summed E-state index contributed by atoms with van der Waals surface area (Å²) in [5.41, 5.74) is 4.45. The number of ether oxygens (including phenoxy) is 1. The van der Waals surface area contributed by atoms with Crippen molar-refractivity contribution in [3.05, 3.63) is 48.3 Å². The molecule has 5 rings (SSSR count). The van der Waals surface area contributed by atoms with E-state index in [9.17, 15) is 4.39 Å². The number of H-pyrrole nitrogens is 1. The first-order valence-electron chi connectivity index (χ1n) is 9.11. The fourth-order valence-electron chi connectivity index (χ4n) is 3.64. The van der Waals surface area contributed by atoms with Gasteiger partial charge in [-0.3, -0.25) is 14.8 Å². The maximum Gasteiger partial charge on any atom is 0.155 e. The van der Waals surface area contributed by atoms with Gasteiger partial charge in [-0.15, -0.1) is 0 Å². The predicted octanol–water partition coefficient (Wildman–Crippen LogP) is 3.89. The third-order valence-corrected chi connectivity index (χ3v) is 5.56. The topological polar surface area (TPSA) is 81.5 Å². The molecule has 0 aliphatic carbocycles. The predicted molar refractivity (Wildman–Crippen MR) is 102 cm³/mol. The van der Waals surface area contributed by atoms with Crippen LogP contribution in [0.3, 0.4) is 0 Å². The quantitative estimate of drug-likeness (QED) is 0.572. The number of aromatic nitrogens is 6. The highest BCUT2D eigenvalue weighted by Gasteiger charge is 2.38. The summed E-state index contributed by atoms with van der Waals surface area (Å²) in [7, 11) is 0. The van der Waals surface area contributed by atoms with E-state index in [-0.39, 0.29) is 17.5 Å². The zero-order valence-corrected chi connectivity index (χ0v) is 15.8. The molecule has 0 amide bonds. The summed E-state index contributed by atoms with van der Waals surface area (Å²) in [6.07, 6.45) is 4.70. The maximum atomic E-state index is 13.5. The van der Waals surface area contributed by atoms with Crippen molar-refractivity contribution in [3.63, 3.8) is 0 Å². The molecule has 8 heteroatoms. The molecule has 0 fully saturated rings. The molecule has 1 aliphatic heterocycles. The van der Waals surface area contributed by atoms with Crippen LogP contribution in [0, 0.1) is 5.82 Å². The molecule has 0 unspecified atom stereocenters.